The van der Waals surface area contributed by atoms with Crippen molar-refractivity contribution in [1.29, 1.82) is 0 Å². The Morgan fingerprint density at radius 1 is 1.25 bits per heavy atom. The highest BCUT2D eigenvalue weighted by atomic mass is 127. The second-order valence-electron chi connectivity index (χ2n) is 5.88. The van der Waals surface area contributed by atoms with E-state index >= 15 is 0 Å². The molecule has 1 saturated heterocycles. The maximum Gasteiger partial charge on any atom is 0.133 e. The number of benzene rings is 1. The Morgan fingerprint density at radius 3 is 2.50 bits per heavy atom. The number of phenols is 1. The molecule has 0 aromatic heterocycles. The van der Waals surface area contributed by atoms with Crippen molar-refractivity contribution in [3.63, 3.8) is 0 Å². The van der Waals surface area contributed by atoms with Gasteiger partial charge in [-0.05, 0) is 103 Å². The lowest BCUT2D eigenvalue weighted by Gasteiger charge is -2.33. The lowest BCUT2D eigenvalue weighted by atomic mass is 9.96. The first kappa shape index (κ1) is 16.8. The van der Waals surface area contributed by atoms with Crippen LogP contribution in [0.25, 0.3) is 0 Å². The number of likely N-dealkylation sites (tertiary alicyclic amines) is 1. The molecular formula is C15H22I2N2O. The standard InChI is InChI=1S/C15H22I2N2O/c1-18(2)9-11-3-5-19(6-4-11)10-12-7-13(16)8-14(17)15(12)20/h7-8,11,20H,3-6,9-10H2,1-2H3. The molecule has 1 aromatic rings. The molecule has 0 radical (unpaired) electrons. The quantitative estimate of drug-likeness (QED) is 0.643. The highest BCUT2D eigenvalue weighted by Crippen LogP contribution is 2.29. The first-order valence-corrected chi connectivity index (χ1v) is 9.15. The van der Waals surface area contributed by atoms with Crippen molar-refractivity contribution < 1.29 is 5.11 Å². The van der Waals surface area contributed by atoms with E-state index in [1.54, 1.807) is 0 Å². The van der Waals surface area contributed by atoms with E-state index in [9.17, 15) is 5.11 Å². The van der Waals surface area contributed by atoms with Gasteiger partial charge in [-0.3, -0.25) is 4.90 Å². The minimum Gasteiger partial charge on any atom is -0.507 e. The van der Waals surface area contributed by atoms with Crippen LogP contribution >= 0.6 is 45.2 Å². The van der Waals surface area contributed by atoms with Crippen molar-refractivity contribution in [3.8, 4) is 5.75 Å². The van der Waals surface area contributed by atoms with Gasteiger partial charge in [0.15, 0.2) is 0 Å². The van der Waals surface area contributed by atoms with Crippen molar-refractivity contribution in [3.05, 3.63) is 24.8 Å². The molecule has 0 atom stereocenters. The molecule has 1 fully saturated rings. The summed E-state index contributed by atoms with van der Waals surface area (Å²) in [5.41, 5.74) is 1.06. The number of hydrogen-bond acceptors (Lipinski definition) is 3. The van der Waals surface area contributed by atoms with Crippen molar-refractivity contribution >= 4 is 45.2 Å². The molecule has 0 unspecified atom stereocenters. The molecular weight excluding hydrogens is 478 g/mol. The molecule has 1 aliphatic heterocycles. The summed E-state index contributed by atoms with van der Waals surface area (Å²) >= 11 is 4.53. The third-order valence-corrected chi connectivity index (χ3v) is 5.28. The Hall–Kier alpha value is 0.400. The fraction of sp³-hybridized carbons (Fsp3) is 0.600. The van der Waals surface area contributed by atoms with Crippen molar-refractivity contribution in [2.24, 2.45) is 5.92 Å². The van der Waals surface area contributed by atoms with E-state index in [0.717, 1.165) is 34.7 Å². The third-order valence-electron chi connectivity index (χ3n) is 3.83. The Bertz CT molecular complexity index is 457. The van der Waals surface area contributed by atoms with Crippen molar-refractivity contribution in [2.45, 2.75) is 19.4 Å². The van der Waals surface area contributed by atoms with Crippen LogP contribution in [-0.2, 0) is 6.54 Å². The molecule has 2 rings (SSSR count). The minimum atomic E-state index is 0.460. The highest BCUT2D eigenvalue weighted by molar-refractivity contribution is 14.1. The lowest BCUT2D eigenvalue weighted by Crippen LogP contribution is -2.36. The van der Waals surface area contributed by atoms with Gasteiger partial charge in [-0.25, -0.2) is 0 Å². The summed E-state index contributed by atoms with van der Waals surface area (Å²) in [4.78, 5) is 4.75. The molecule has 1 aliphatic rings. The maximum absolute atomic E-state index is 10.2. The first-order valence-electron chi connectivity index (χ1n) is 6.99. The molecule has 20 heavy (non-hydrogen) atoms. The predicted octanol–water partition coefficient (Wildman–Crippen LogP) is 3.38. The van der Waals surface area contributed by atoms with Crippen LogP contribution in [0.15, 0.2) is 12.1 Å². The van der Waals surface area contributed by atoms with Gasteiger partial charge in [-0.15, -0.1) is 0 Å². The number of hydrogen-bond donors (Lipinski definition) is 1. The summed E-state index contributed by atoms with van der Waals surface area (Å²) in [5, 5.41) is 10.2. The predicted molar refractivity (Wildman–Crippen MR) is 100 cm³/mol. The van der Waals surface area contributed by atoms with Crippen LogP contribution in [0.4, 0.5) is 0 Å². The molecule has 0 spiro atoms. The SMILES string of the molecule is CN(C)CC1CCN(Cc2cc(I)cc(I)c2O)CC1. The number of nitrogens with zero attached hydrogens (tertiary/aromatic N) is 2. The average molecular weight is 500 g/mol. The van der Waals surface area contributed by atoms with Crippen LogP contribution in [0.3, 0.4) is 0 Å². The van der Waals surface area contributed by atoms with Crippen molar-refractivity contribution in [1.82, 2.24) is 9.80 Å². The van der Waals surface area contributed by atoms with Gasteiger partial charge in [-0.1, -0.05) is 0 Å². The van der Waals surface area contributed by atoms with Gasteiger partial charge in [-0.2, -0.15) is 0 Å². The van der Waals surface area contributed by atoms with Gasteiger partial charge in [0.1, 0.15) is 5.75 Å². The fourth-order valence-electron chi connectivity index (χ4n) is 2.82. The molecule has 3 nitrogen and oxygen atoms in total. The van der Waals surface area contributed by atoms with E-state index in [4.69, 9.17) is 0 Å². The van der Waals surface area contributed by atoms with Crippen LogP contribution in [0.1, 0.15) is 18.4 Å². The molecule has 112 valence electrons. The molecule has 1 aromatic carbocycles. The topological polar surface area (TPSA) is 26.7 Å². The number of piperidine rings is 1. The Kier molecular flexibility index (Phi) is 6.37. The average Bonchev–Trinajstić information content (AvgIpc) is 2.37. The van der Waals surface area contributed by atoms with E-state index in [-0.39, 0.29) is 0 Å². The van der Waals surface area contributed by atoms with Crippen LogP contribution < -0.4 is 0 Å². The number of rotatable bonds is 4. The fourth-order valence-corrected chi connectivity index (χ4v) is 4.79. The van der Waals surface area contributed by atoms with E-state index in [0.29, 0.717) is 5.75 Å². The van der Waals surface area contributed by atoms with Gasteiger partial charge in [0.2, 0.25) is 0 Å². The van der Waals surface area contributed by atoms with E-state index in [1.165, 1.54) is 23.0 Å². The summed E-state index contributed by atoms with van der Waals surface area (Å²) in [6.45, 7) is 4.34. The van der Waals surface area contributed by atoms with Crippen LogP contribution in [0.2, 0.25) is 0 Å². The Balaban J connectivity index is 1.93. The third kappa shape index (κ3) is 4.71. The van der Waals surface area contributed by atoms with Gasteiger partial charge >= 0.3 is 0 Å². The van der Waals surface area contributed by atoms with Crippen LogP contribution in [0.5, 0.6) is 5.75 Å². The summed E-state index contributed by atoms with van der Waals surface area (Å²) in [6, 6.07) is 4.12. The molecule has 0 bridgehead atoms. The second-order valence-corrected chi connectivity index (χ2v) is 8.28. The number of phenolic OH excluding ortho intramolecular Hbond substituents is 1. The van der Waals surface area contributed by atoms with Gasteiger partial charge in [0.05, 0.1) is 3.57 Å². The summed E-state index contributed by atoms with van der Waals surface area (Å²) in [5.74, 6) is 1.28. The lowest BCUT2D eigenvalue weighted by molar-refractivity contribution is 0.156. The summed E-state index contributed by atoms with van der Waals surface area (Å²) < 4.78 is 2.15. The smallest absolute Gasteiger partial charge is 0.133 e. The Morgan fingerprint density at radius 2 is 1.90 bits per heavy atom. The largest absolute Gasteiger partial charge is 0.507 e. The second kappa shape index (κ2) is 7.60. The molecule has 0 amide bonds. The molecule has 1 heterocycles. The normalized spacial score (nSPS) is 17.9. The highest BCUT2D eigenvalue weighted by Gasteiger charge is 2.20. The van der Waals surface area contributed by atoms with E-state index in [2.05, 4.69) is 75.1 Å². The number of halogens is 2. The molecule has 1 N–H and O–H groups in total. The molecule has 5 heteroatoms. The Labute approximate surface area is 149 Å². The zero-order chi connectivity index (χ0) is 14.7. The zero-order valence-electron chi connectivity index (χ0n) is 12.1. The van der Waals surface area contributed by atoms with Crippen molar-refractivity contribution in [2.75, 3.05) is 33.7 Å². The van der Waals surface area contributed by atoms with Gasteiger partial charge in [0.25, 0.3) is 0 Å². The number of aromatic hydroxyl groups is 1. The van der Waals surface area contributed by atoms with E-state index in [1.807, 2.05) is 6.07 Å². The van der Waals surface area contributed by atoms with E-state index < -0.39 is 0 Å². The minimum absolute atomic E-state index is 0.460. The van der Waals surface area contributed by atoms with Crippen LogP contribution in [-0.4, -0.2) is 48.6 Å². The zero-order valence-corrected chi connectivity index (χ0v) is 16.4. The summed E-state index contributed by atoms with van der Waals surface area (Å²) in [7, 11) is 4.30. The summed E-state index contributed by atoms with van der Waals surface area (Å²) in [6.07, 6.45) is 2.53. The maximum atomic E-state index is 10.2. The molecule has 0 saturated carbocycles. The molecule has 0 aliphatic carbocycles. The van der Waals surface area contributed by atoms with Gasteiger partial charge < -0.3 is 10.0 Å². The monoisotopic (exact) mass is 500 g/mol. The first-order chi connectivity index (χ1) is 9.45. The van der Waals surface area contributed by atoms with Crippen LogP contribution in [0, 0.1) is 13.1 Å². The van der Waals surface area contributed by atoms with Gasteiger partial charge in [0, 0.05) is 22.2 Å².